The first-order valence-electron chi connectivity index (χ1n) is 11.5. The summed E-state index contributed by atoms with van der Waals surface area (Å²) < 4.78 is 0. The van der Waals surface area contributed by atoms with Gasteiger partial charge >= 0.3 is 0 Å². The summed E-state index contributed by atoms with van der Waals surface area (Å²) in [6.45, 7) is 6.66. The molecule has 0 unspecified atom stereocenters. The van der Waals surface area contributed by atoms with Crippen LogP contribution in [0.25, 0.3) is 22.2 Å². The molecule has 0 atom stereocenters. The van der Waals surface area contributed by atoms with Crippen LogP contribution in [0.15, 0.2) is 67.5 Å². The molecular weight excluding hydrogens is 408 g/mol. The zero-order valence-electron chi connectivity index (χ0n) is 19.6. The number of likely N-dealkylation sites (tertiary alicyclic amines) is 1. The molecular formula is C27H34N6. The predicted molar refractivity (Wildman–Crippen MR) is 139 cm³/mol. The zero-order chi connectivity index (χ0) is 23.4. The summed E-state index contributed by atoms with van der Waals surface area (Å²) in [5.41, 5.74) is 11.0. The van der Waals surface area contributed by atoms with Gasteiger partial charge in [-0.2, -0.15) is 0 Å². The second-order valence-electron chi connectivity index (χ2n) is 9.14. The number of hydrazine groups is 1. The van der Waals surface area contributed by atoms with Crippen LogP contribution in [0.5, 0.6) is 0 Å². The van der Waals surface area contributed by atoms with E-state index in [-0.39, 0.29) is 0 Å². The van der Waals surface area contributed by atoms with Crippen molar-refractivity contribution in [2.75, 3.05) is 32.5 Å². The van der Waals surface area contributed by atoms with Gasteiger partial charge in [0.15, 0.2) is 0 Å². The molecule has 0 radical (unpaired) electrons. The van der Waals surface area contributed by atoms with Gasteiger partial charge in [0.2, 0.25) is 0 Å². The number of benzene rings is 2. The van der Waals surface area contributed by atoms with Gasteiger partial charge in [0.25, 0.3) is 0 Å². The van der Waals surface area contributed by atoms with Gasteiger partial charge < -0.3 is 21.0 Å². The first-order valence-corrected chi connectivity index (χ1v) is 11.5. The van der Waals surface area contributed by atoms with Gasteiger partial charge in [-0.1, -0.05) is 36.9 Å². The summed E-state index contributed by atoms with van der Waals surface area (Å²) in [6, 6.07) is 16.7. The lowest BCUT2D eigenvalue weighted by molar-refractivity contribution is 0.219. The highest BCUT2D eigenvalue weighted by Crippen LogP contribution is 2.25. The van der Waals surface area contributed by atoms with Crippen molar-refractivity contribution in [3.8, 4) is 0 Å². The predicted octanol–water partition coefficient (Wildman–Crippen LogP) is 4.26. The van der Waals surface area contributed by atoms with Gasteiger partial charge in [-0.3, -0.25) is 0 Å². The number of pyridine rings is 1. The molecule has 1 saturated heterocycles. The Hall–Kier alpha value is -3.35. The van der Waals surface area contributed by atoms with Crippen molar-refractivity contribution < 1.29 is 0 Å². The van der Waals surface area contributed by atoms with Gasteiger partial charge in [-0.25, -0.2) is 10.8 Å². The van der Waals surface area contributed by atoms with Gasteiger partial charge in [-0.15, -0.1) is 0 Å². The minimum Gasteiger partial charge on any atom is -0.397 e. The number of anilines is 1. The van der Waals surface area contributed by atoms with E-state index in [1.165, 1.54) is 36.5 Å². The van der Waals surface area contributed by atoms with E-state index in [4.69, 9.17) is 11.6 Å². The minimum absolute atomic E-state index is 0.610. The fourth-order valence-electron chi connectivity index (χ4n) is 4.40. The Kier molecular flexibility index (Phi) is 6.96. The van der Waals surface area contributed by atoms with Crippen molar-refractivity contribution in [3.05, 3.63) is 84.2 Å². The molecule has 1 aromatic heterocycles. The average Bonchev–Trinajstić information content (AvgIpc) is 2.80. The third kappa shape index (κ3) is 5.92. The highest BCUT2D eigenvalue weighted by molar-refractivity contribution is 5.88. The molecule has 0 saturated carbocycles. The number of hydrogen-bond acceptors (Lipinski definition) is 6. The van der Waals surface area contributed by atoms with Crippen molar-refractivity contribution in [1.82, 2.24) is 14.9 Å². The van der Waals surface area contributed by atoms with E-state index < -0.39 is 0 Å². The van der Waals surface area contributed by atoms with E-state index in [0.717, 1.165) is 45.8 Å². The number of nitrogens with two attached hydrogens (primary N) is 2. The fraction of sp³-hybridized carbons (Fsp3) is 0.296. The maximum absolute atomic E-state index is 6.16. The van der Waals surface area contributed by atoms with Crippen LogP contribution in [0.3, 0.4) is 0 Å². The van der Waals surface area contributed by atoms with Crippen LogP contribution >= 0.6 is 0 Å². The Balaban J connectivity index is 1.48. The van der Waals surface area contributed by atoms with Crippen LogP contribution in [0.1, 0.15) is 29.5 Å². The SMILES string of the molecule is C=C(Nc1cc2cc(/C(N)=C/N(C)N)ccc2cn1)c1cccc(CC2CCN(C)CC2)c1. The highest BCUT2D eigenvalue weighted by atomic mass is 15.4. The summed E-state index contributed by atoms with van der Waals surface area (Å²) >= 11 is 0. The summed E-state index contributed by atoms with van der Waals surface area (Å²) in [6.07, 6.45) is 7.22. The molecule has 2 heterocycles. The molecule has 6 nitrogen and oxygen atoms in total. The molecule has 172 valence electrons. The number of rotatable bonds is 7. The molecule has 1 aliphatic rings. The molecule has 4 rings (SSSR count). The molecule has 33 heavy (non-hydrogen) atoms. The molecule has 1 aliphatic heterocycles. The summed E-state index contributed by atoms with van der Waals surface area (Å²) in [4.78, 5) is 6.98. The van der Waals surface area contributed by atoms with E-state index >= 15 is 0 Å². The molecule has 5 N–H and O–H groups in total. The summed E-state index contributed by atoms with van der Waals surface area (Å²) in [5, 5.41) is 6.92. The Labute approximate surface area is 196 Å². The number of fused-ring (bicyclic) bond motifs is 1. The third-order valence-corrected chi connectivity index (χ3v) is 6.31. The molecule has 0 bridgehead atoms. The van der Waals surface area contributed by atoms with Gasteiger partial charge in [-0.05, 0) is 85.6 Å². The molecule has 6 heteroatoms. The topological polar surface area (TPSA) is 83.4 Å². The molecule has 3 aromatic rings. The number of aromatic nitrogens is 1. The number of hydrogen-bond donors (Lipinski definition) is 3. The molecule has 0 spiro atoms. The third-order valence-electron chi connectivity index (χ3n) is 6.31. The maximum Gasteiger partial charge on any atom is 0.130 e. The van der Waals surface area contributed by atoms with E-state index in [1.807, 2.05) is 30.5 Å². The van der Waals surface area contributed by atoms with E-state index in [9.17, 15) is 0 Å². The first kappa shape index (κ1) is 22.8. The molecule has 0 amide bonds. The lowest BCUT2D eigenvalue weighted by atomic mass is 9.90. The lowest BCUT2D eigenvalue weighted by Gasteiger charge is -2.29. The molecule has 1 fully saturated rings. The van der Waals surface area contributed by atoms with Crippen LogP contribution in [0.2, 0.25) is 0 Å². The quantitative estimate of drug-likeness (QED) is 0.374. The van der Waals surface area contributed by atoms with Crippen LogP contribution < -0.4 is 16.9 Å². The van der Waals surface area contributed by atoms with E-state index in [0.29, 0.717) is 5.70 Å². The maximum atomic E-state index is 6.16. The normalized spacial score (nSPS) is 15.5. The first-order chi connectivity index (χ1) is 15.9. The Morgan fingerprint density at radius 1 is 1.15 bits per heavy atom. The monoisotopic (exact) mass is 442 g/mol. The number of piperidine rings is 1. The van der Waals surface area contributed by atoms with Crippen LogP contribution in [-0.2, 0) is 6.42 Å². The Morgan fingerprint density at radius 3 is 2.70 bits per heavy atom. The number of nitrogens with zero attached hydrogens (tertiary/aromatic N) is 3. The van der Waals surface area contributed by atoms with Crippen molar-refractivity contribution in [1.29, 1.82) is 0 Å². The molecule has 2 aromatic carbocycles. The van der Waals surface area contributed by atoms with Crippen molar-refractivity contribution >= 4 is 28.0 Å². The van der Waals surface area contributed by atoms with Crippen LogP contribution in [0.4, 0.5) is 5.82 Å². The van der Waals surface area contributed by atoms with Crippen molar-refractivity contribution in [3.63, 3.8) is 0 Å². The highest BCUT2D eigenvalue weighted by Gasteiger charge is 2.17. The van der Waals surface area contributed by atoms with E-state index in [1.54, 1.807) is 13.2 Å². The Bertz CT molecular complexity index is 1160. The van der Waals surface area contributed by atoms with E-state index in [2.05, 4.69) is 53.1 Å². The number of nitrogens with one attached hydrogen (secondary N) is 1. The van der Waals surface area contributed by atoms with Gasteiger partial charge in [0, 0.05) is 30.5 Å². The van der Waals surface area contributed by atoms with Gasteiger partial charge in [0.05, 0.1) is 5.70 Å². The molecule has 0 aliphatic carbocycles. The zero-order valence-corrected chi connectivity index (χ0v) is 19.6. The summed E-state index contributed by atoms with van der Waals surface area (Å²) in [7, 11) is 3.95. The average molecular weight is 443 g/mol. The van der Waals surface area contributed by atoms with Crippen molar-refractivity contribution in [2.24, 2.45) is 17.5 Å². The fourth-order valence-corrected chi connectivity index (χ4v) is 4.40. The van der Waals surface area contributed by atoms with Crippen LogP contribution in [0, 0.1) is 5.92 Å². The minimum atomic E-state index is 0.610. The van der Waals surface area contributed by atoms with Crippen LogP contribution in [-0.4, -0.2) is 42.1 Å². The lowest BCUT2D eigenvalue weighted by Crippen LogP contribution is -2.30. The van der Waals surface area contributed by atoms with Gasteiger partial charge in [0.1, 0.15) is 5.82 Å². The Morgan fingerprint density at radius 2 is 1.94 bits per heavy atom. The summed E-state index contributed by atoms with van der Waals surface area (Å²) in [5.74, 6) is 7.20. The smallest absolute Gasteiger partial charge is 0.130 e. The van der Waals surface area contributed by atoms with Crippen molar-refractivity contribution in [2.45, 2.75) is 19.3 Å². The second-order valence-corrected chi connectivity index (χ2v) is 9.14. The largest absolute Gasteiger partial charge is 0.397 e. The standard InChI is InChI=1S/C27H34N6/c1-19(22-6-4-5-21(14-22)13-20-9-11-32(2)12-10-20)31-27-16-25-15-23(26(28)18-33(3)29)7-8-24(25)17-30-27/h4-8,14-18,20H,1,9-13,28-29H2,2-3H3,(H,30,31)/b26-18-. The second kappa shape index (κ2) is 10.1.